The van der Waals surface area contributed by atoms with Crippen molar-refractivity contribution in [3.05, 3.63) is 23.8 Å². The average Bonchev–Trinajstić information content (AvgIpc) is 2.78. The van der Waals surface area contributed by atoms with E-state index < -0.39 is 0 Å². The highest BCUT2D eigenvalue weighted by Crippen LogP contribution is 2.34. The summed E-state index contributed by atoms with van der Waals surface area (Å²) in [6, 6.07) is 6.52. The number of nitrogens with zero attached hydrogens (tertiary/aromatic N) is 1. The van der Waals surface area contributed by atoms with Crippen LogP contribution in [0.5, 0.6) is 0 Å². The van der Waals surface area contributed by atoms with Crippen LogP contribution in [0.15, 0.2) is 18.2 Å². The Hall–Kier alpha value is -1.20. The van der Waals surface area contributed by atoms with Crippen LogP contribution in [0.3, 0.4) is 0 Å². The molecule has 1 aliphatic rings. The van der Waals surface area contributed by atoms with Gasteiger partial charge in [0.1, 0.15) is 6.04 Å². The number of anilines is 2. The molecule has 5 heteroatoms. The van der Waals surface area contributed by atoms with Crippen molar-refractivity contribution in [2.45, 2.75) is 25.4 Å². The minimum Gasteiger partial charge on any atom is -0.371 e. The molecule has 4 nitrogen and oxygen atoms in total. The van der Waals surface area contributed by atoms with E-state index in [2.05, 4.69) is 47.9 Å². The van der Waals surface area contributed by atoms with E-state index in [-0.39, 0.29) is 11.9 Å². The molecule has 0 saturated heterocycles. The van der Waals surface area contributed by atoms with E-state index in [9.17, 15) is 4.79 Å². The standard InChI is InChI=1S/C15H23N3OS/c1-5-10(9-20-4)18(3)11-6-7-12-13(8-11)17-15(19)14(12)16-2/h6-8,10,14,16H,5,9H2,1-4H3,(H,17,19). The van der Waals surface area contributed by atoms with Gasteiger partial charge in [-0.2, -0.15) is 11.8 Å². The Kier molecular flexibility index (Phi) is 4.94. The molecule has 0 bridgehead atoms. The van der Waals surface area contributed by atoms with Crippen LogP contribution < -0.4 is 15.5 Å². The van der Waals surface area contributed by atoms with Crippen LogP contribution in [0.25, 0.3) is 0 Å². The Bertz CT molecular complexity index is 492. The van der Waals surface area contributed by atoms with Crippen molar-refractivity contribution >= 4 is 29.0 Å². The van der Waals surface area contributed by atoms with Crippen molar-refractivity contribution in [2.24, 2.45) is 0 Å². The summed E-state index contributed by atoms with van der Waals surface area (Å²) in [5.74, 6) is 1.13. The number of hydrogen-bond acceptors (Lipinski definition) is 4. The molecule has 1 amide bonds. The number of carbonyl (C=O) groups excluding carboxylic acids is 1. The third-order valence-electron chi connectivity index (χ3n) is 3.94. The molecular weight excluding hydrogens is 270 g/mol. The molecule has 0 aromatic heterocycles. The second kappa shape index (κ2) is 6.50. The summed E-state index contributed by atoms with van der Waals surface area (Å²) in [4.78, 5) is 14.1. The fourth-order valence-electron chi connectivity index (χ4n) is 2.66. The third kappa shape index (κ3) is 2.79. The van der Waals surface area contributed by atoms with Crippen molar-refractivity contribution in [3.8, 4) is 0 Å². The van der Waals surface area contributed by atoms with E-state index in [4.69, 9.17) is 0 Å². The molecule has 2 rings (SSSR count). The zero-order valence-corrected chi connectivity index (χ0v) is 13.4. The molecule has 0 radical (unpaired) electrons. The summed E-state index contributed by atoms with van der Waals surface area (Å²) in [5, 5.41) is 5.99. The van der Waals surface area contributed by atoms with Crippen molar-refractivity contribution in [3.63, 3.8) is 0 Å². The number of nitrogens with one attached hydrogen (secondary N) is 2. The molecule has 2 unspecified atom stereocenters. The normalized spacial score (nSPS) is 18.6. The predicted octanol–water partition coefficient (Wildman–Crippen LogP) is 2.48. The monoisotopic (exact) mass is 293 g/mol. The van der Waals surface area contributed by atoms with E-state index in [0.29, 0.717) is 6.04 Å². The lowest BCUT2D eigenvalue weighted by Gasteiger charge is -2.29. The van der Waals surface area contributed by atoms with Gasteiger partial charge >= 0.3 is 0 Å². The average molecular weight is 293 g/mol. The van der Waals surface area contributed by atoms with Crippen LogP contribution in [0, 0.1) is 0 Å². The van der Waals surface area contributed by atoms with Gasteiger partial charge in [-0.15, -0.1) is 0 Å². The largest absolute Gasteiger partial charge is 0.371 e. The van der Waals surface area contributed by atoms with Gasteiger partial charge in [-0.25, -0.2) is 0 Å². The molecule has 1 aliphatic heterocycles. The Morgan fingerprint density at radius 3 is 2.85 bits per heavy atom. The van der Waals surface area contributed by atoms with Gasteiger partial charge in [0.2, 0.25) is 5.91 Å². The van der Waals surface area contributed by atoms with Gasteiger partial charge in [-0.1, -0.05) is 13.0 Å². The molecular formula is C15H23N3OS. The van der Waals surface area contributed by atoms with E-state index in [0.717, 1.165) is 29.1 Å². The second-order valence-electron chi connectivity index (χ2n) is 5.11. The van der Waals surface area contributed by atoms with Gasteiger partial charge < -0.3 is 15.5 Å². The van der Waals surface area contributed by atoms with Crippen molar-refractivity contribution in [1.29, 1.82) is 0 Å². The van der Waals surface area contributed by atoms with Crippen LogP contribution >= 0.6 is 11.8 Å². The lowest BCUT2D eigenvalue weighted by molar-refractivity contribution is -0.117. The van der Waals surface area contributed by atoms with Crippen molar-refractivity contribution in [2.75, 3.05) is 36.3 Å². The van der Waals surface area contributed by atoms with Crippen LogP contribution in [-0.2, 0) is 4.79 Å². The van der Waals surface area contributed by atoms with E-state index >= 15 is 0 Å². The maximum atomic E-state index is 11.8. The number of amides is 1. The van der Waals surface area contributed by atoms with E-state index in [1.54, 1.807) is 0 Å². The van der Waals surface area contributed by atoms with Crippen LogP contribution in [0.1, 0.15) is 24.9 Å². The summed E-state index contributed by atoms with van der Waals surface area (Å²) in [6.07, 6.45) is 3.25. The SMILES string of the molecule is CCC(CSC)N(C)c1ccc2c(c1)NC(=O)C2NC. The minimum absolute atomic E-state index is 0.0264. The molecule has 1 heterocycles. The van der Waals surface area contributed by atoms with Gasteiger partial charge in [0.15, 0.2) is 0 Å². The second-order valence-corrected chi connectivity index (χ2v) is 6.02. The highest BCUT2D eigenvalue weighted by Gasteiger charge is 2.29. The molecule has 0 fully saturated rings. The Morgan fingerprint density at radius 2 is 2.25 bits per heavy atom. The molecule has 1 aromatic carbocycles. The highest BCUT2D eigenvalue weighted by atomic mass is 32.2. The number of fused-ring (bicyclic) bond motifs is 1. The number of benzene rings is 1. The molecule has 110 valence electrons. The summed E-state index contributed by atoms with van der Waals surface area (Å²) in [5.41, 5.74) is 3.12. The topological polar surface area (TPSA) is 44.4 Å². The first-order valence-corrected chi connectivity index (χ1v) is 8.35. The Labute approximate surface area is 125 Å². The zero-order valence-electron chi connectivity index (χ0n) is 12.6. The van der Waals surface area contributed by atoms with Crippen LogP contribution in [-0.4, -0.2) is 38.1 Å². The number of hydrogen-bond donors (Lipinski definition) is 2. The fourth-order valence-corrected chi connectivity index (χ4v) is 3.51. The number of carbonyl (C=O) groups is 1. The van der Waals surface area contributed by atoms with Gasteiger partial charge in [-0.3, -0.25) is 4.79 Å². The number of likely N-dealkylation sites (N-methyl/N-ethyl adjacent to an activating group) is 1. The molecule has 0 aliphatic carbocycles. The van der Waals surface area contributed by atoms with Crippen LogP contribution in [0.4, 0.5) is 11.4 Å². The van der Waals surface area contributed by atoms with Gasteiger partial charge in [0.25, 0.3) is 0 Å². The molecule has 1 aromatic rings. The quantitative estimate of drug-likeness (QED) is 0.846. The fraction of sp³-hybridized carbons (Fsp3) is 0.533. The molecule has 0 spiro atoms. The van der Waals surface area contributed by atoms with Crippen molar-refractivity contribution in [1.82, 2.24) is 5.32 Å². The van der Waals surface area contributed by atoms with E-state index in [1.807, 2.05) is 24.9 Å². The Morgan fingerprint density at radius 1 is 1.50 bits per heavy atom. The molecule has 0 saturated carbocycles. The highest BCUT2D eigenvalue weighted by molar-refractivity contribution is 7.98. The molecule has 2 atom stereocenters. The van der Waals surface area contributed by atoms with E-state index in [1.165, 1.54) is 0 Å². The van der Waals surface area contributed by atoms with Gasteiger partial charge in [0, 0.05) is 35.8 Å². The first-order valence-electron chi connectivity index (χ1n) is 6.96. The maximum absolute atomic E-state index is 11.8. The van der Waals surface area contributed by atoms with Gasteiger partial charge in [-0.05, 0) is 31.9 Å². The maximum Gasteiger partial charge on any atom is 0.246 e. The predicted molar refractivity (Wildman–Crippen MR) is 87.7 cm³/mol. The summed E-state index contributed by atoms with van der Waals surface area (Å²) in [6.45, 7) is 2.21. The minimum atomic E-state index is -0.225. The number of rotatable bonds is 6. The summed E-state index contributed by atoms with van der Waals surface area (Å²) < 4.78 is 0. The summed E-state index contributed by atoms with van der Waals surface area (Å²) in [7, 11) is 3.93. The summed E-state index contributed by atoms with van der Waals surface area (Å²) >= 11 is 1.87. The first kappa shape index (κ1) is 15.2. The van der Waals surface area contributed by atoms with Crippen molar-refractivity contribution < 1.29 is 4.79 Å². The lowest BCUT2D eigenvalue weighted by atomic mass is 10.1. The smallest absolute Gasteiger partial charge is 0.246 e. The van der Waals surface area contributed by atoms with Gasteiger partial charge in [0.05, 0.1) is 0 Å². The third-order valence-corrected chi connectivity index (χ3v) is 4.66. The molecule has 20 heavy (non-hydrogen) atoms. The zero-order chi connectivity index (χ0) is 14.7. The molecule has 2 N–H and O–H groups in total. The Balaban J connectivity index is 2.24. The lowest BCUT2D eigenvalue weighted by Crippen LogP contribution is -2.33. The first-order chi connectivity index (χ1) is 9.62. The van der Waals surface area contributed by atoms with Crippen LogP contribution in [0.2, 0.25) is 0 Å². The number of thioether (sulfide) groups is 1.